The average molecular weight is 232 g/mol. The van der Waals surface area contributed by atoms with Crippen LogP contribution in [-0.2, 0) is 16.0 Å². The number of rotatable bonds is 4. The lowest BCUT2D eigenvalue weighted by molar-refractivity contribution is -0.143. The number of benzene rings is 1. The molecule has 0 N–H and O–H groups in total. The number of fused-ring (bicyclic) bond motifs is 1. The van der Waals surface area contributed by atoms with Crippen LogP contribution in [0.4, 0.5) is 0 Å². The Balaban J connectivity index is 1.94. The monoisotopic (exact) mass is 232 g/mol. The number of hydrogen-bond donors (Lipinski definition) is 0. The Hall–Kier alpha value is -1.64. The maximum Gasteiger partial charge on any atom is 0.305 e. The van der Waals surface area contributed by atoms with Crippen LogP contribution in [0.3, 0.4) is 0 Å². The first-order valence-corrected chi connectivity index (χ1v) is 6.00. The highest BCUT2D eigenvalue weighted by Gasteiger charge is 2.30. The zero-order valence-corrected chi connectivity index (χ0v) is 9.94. The number of carbonyl (C=O) groups is 2. The van der Waals surface area contributed by atoms with Gasteiger partial charge in [0.2, 0.25) is 0 Å². The van der Waals surface area contributed by atoms with Gasteiger partial charge in [-0.3, -0.25) is 9.59 Å². The van der Waals surface area contributed by atoms with E-state index in [1.54, 1.807) is 6.92 Å². The van der Waals surface area contributed by atoms with Crippen molar-refractivity contribution in [1.29, 1.82) is 0 Å². The average Bonchev–Trinajstić information content (AvgIpc) is 2.65. The molecular weight excluding hydrogens is 216 g/mol. The predicted molar refractivity (Wildman–Crippen MR) is 63.8 cm³/mol. The summed E-state index contributed by atoms with van der Waals surface area (Å²) in [6.07, 6.45) is 1.68. The van der Waals surface area contributed by atoms with Gasteiger partial charge in [0.05, 0.1) is 6.61 Å². The lowest BCUT2D eigenvalue weighted by atomic mass is 9.99. The molecule has 0 bridgehead atoms. The maximum atomic E-state index is 12.0. The molecule has 90 valence electrons. The van der Waals surface area contributed by atoms with Gasteiger partial charge in [0, 0.05) is 17.9 Å². The molecule has 2 rings (SSSR count). The van der Waals surface area contributed by atoms with Crippen LogP contribution in [0.2, 0.25) is 0 Å². The summed E-state index contributed by atoms with van der Waals surface area (Å²) in [7, 11) is 0. The van der Waals surface area contributed by atoms with Crippen LogP contribution < -0.4 is 0 Å². The molecule has 0 aromatic heterocycles. The third kappa shape index (κ3) is 2.54. The van der Waals surface area contributed by atoms with E-state index >= 15 is 0 Å². The fraction of sp³-hybridized carbons (Fsp3) is 0.429. The summed E-state index contributed by atoms with van der Waals surface area (Å²) in [5, 5.41) is 0. The number of esters is 1. The second-order valence-corrected chi connectivity index (χ2v) is 4.27. The number of ketones is 1. The topological polar surface area (TPSA) is 43.4 Å². The lowest BCUT2D eigenvalue weighted by Crippen LogP contribution is -2.12. The molecule has 0 unspecified atom stereocenters. The Kier molecular flexibility index (Phi) is 3.57. The predicted octanol–water partition coefficient (Wildman–Crippen LogP) is 2.38. The van der Waals surface area contributed by atoms with Crippen LogP contribution in [0, 0.1) is 5.92 Å². The molecule has 1 atom stereocenters. The van der Waals surface area contributed by atoms with E-state index in [1.165, 1.54) is 0 Å². The maximum absolute atomic E-state index is 12.0. The minimum Gasteiger partial charge on any atom is -0.466 e. The van der Waals surface area contributed by atoms with Crippen LogP contribution in [0.25, 0.3) is 0 Å². The zero-order chi connectivity index (χ0) is 12.3. The van der Waals surface area contributed by atoms with Gasteiger partial charge in [-0.25, -0.2) is 0 Å². The summed E-state index contributed by atoms with van der Waals surface area (Å²) >= 11 is 0. The quantitative estimate of drug-likeness (QED) is 0.748. The van der Waals surface area contributed by atoms with Gasteiger partial charge in [-0.2, -0.15) is 0 Å². The molecule has 1 aromatic rings. The summed E-state index contributed by atoms with van der Waals surface area (Å²) in [5.41, 5.74) is 1.92. The van der Waals surface area contributed by atoms with Crippen molar-refractivity contribution in [1.82, 2.24) is 0 Å². The number of Topliss-reactive ketones (excluding diaryl/α,β-unsaturated/α-hetero) is 1. The third-order valence-electron chi connectivity index (χ3n) is 3.12. The molecular formula is C14H16O3. The molecule has 0 fully saturated rings. The van der Waals surface area contributed by atoms with E-state index in [0.29, 0.717) is 19.4 Å². The van der Waals surface area contributed by atoms with Crippen LogP contribution in [0.5, 0.6) is 0 Å². The highest BCUT2D eigenvalue weighted by Crippen LogP contribution is 2.29. The van der Waals surface area contributed by atoms with Crippen molar-refractivity contribution < 1.29 is 14.3 Å². The molecule has 0 spiro atoms. The van der Waals surface area contributed by atoms with Crippen molar-refractivity contribution in [2.75, 3.05) is 6.61 Å². The molecule has 0 aliphatic heterocycles. The number of carbonyl (C=O) groups excluding carboxylic acids is 2. The Labute approximate surface area is 101 Å². The lowest BCUT2D eigenvalue weighted by Gasteiger charge is -2.06. The largest absolute Gasteiger partial charge is 0.466 e. The highest BCUT2D eigenvalue weighted by atomic mass is 16.5. The van der Waals surface area contributed by atoms with Gasteiger partial charge < -0.3 is 4.74 Å². The van der Waals surface area contributed by atoms with Gasteiger partial charge >= 0.3 is 5.97 Å². The first kappa shape index (κ1) is 11.8. The fourth-order valence-electron chi connectivity index (χ4n) is 2.28. The van der Waals surface area contributed by atoms with E-state index in [4.69, 9.17) is 4.74 Å². The van der Waals surface area contributed by atoms with Gasteiger partial charge in [-0.15, -0.1) is 0 Å². The van der Waals surface area contributed by atoms with Gasteiger partial charge in [0.1, 0.15) is 0 Å². The van der Waals surface area contributed by atoms with E-state index < -0.39 is 0 Å². The van der Waals surface area contributed by atoms with Crippen LogP contribution >= 0.6 is 0 Å². The van der Waals surface area contributed by atoms with E-state index in [-0.39, 0.29) is 17.7 Å². The Morgan fingerprint density at radius 3 is 2.88 bits per heavy atom. The molecule has 1 aliphatic carbocycles. The van der Waals surface area contributed by atoms with Crippen molar-refractivity contribution in [3.8, 4) is 0 Å². The molecule has 3 nitrogen and oxygen atoms in total. The second kappa shape index (κ2) is 5.13. The van der Waals surface area contributed by atoms with Gasteiger partial charge in [0.25, 0.3) is 0 Å². The van der Waals surface area contributed by atoms with Crippen LogP contribution in [-0.4, -0.2) is 18.4 Å². The molecule has 0 radical (unpaired) electrons. The highest BCUT2D eigenvalue weighted by molar-refractivity contribution is 6.02. The van der Waals surface area contributed by atoms with E-state index in [1.807, 2.05) is 24.3 Å². The minimum absolute atomic E-state index is 0.0446. The van der Waals surface area contributed by atoms with Crippen molar-refractivity contribution >= 4 is 11.8 Å². The zero-order valence-electron chi connectivity index (χ0n) is 9.94. The summed E-state index contributed by atoms with van der Waals surface area (Å²) in [6, 6.07) is 7.67. The first-order valence-electron chi connectivity index (χ1n) is 6.00. The smallest absolute Gasteiger partial charge is 0.305 e. The molecule has 1 aliphatic rings. The van der Waals surface area contributed by atoms with Crippen molar-refractivity contribution in [2.45, 2.75) is 26.2 Å². The fourth-order valence-corrected chi connectivity index (χ4v) is 2.28. The summed E-state index contributed by atoms with van der Waals surface area (Å²) in [5.74, 6) is -0.0852. The molecule has 1 aromatic carbocycles. The normalized spacial score (nSPS) is 17.9. The molecule has 0 amide bonds. The summed E-state index contributed by atoms with van der Waals surface area (Å²) in [6.45, 7) is 2.19. The van der Waals surface area contributed by atoms with Gasteiger partial charge in [0.15, 0.2) is 5.78 Å². The van der Waals surface area contributed by atoms with Crippen LogP contribution in [0.1, 0.15) is 35.7 Å². The molecule has 0 heterocycles. The number of hydrogen-bond acceptors (Lipinski definition) is 3. The Bertz CT molecular complexity index is 437. The van der Waals surface area contributed by atoms with Crippen molar-refractivity contribution in [2.24, 2.45) is 5.92 Å². The van der Waals surface area contributed by atoms with Gasteiger partial charge in [-0.05, 0) is 25.3 Å². The molecule has 0 saturated carbocycles. The SMILES string of the molecule is CCOC(=O)CC[C@@H]1Cc2ccccc2C1=O. The standard InChI is InChI=1S/C14H16O3/c1-2-17-13(15)8-7-11-9-10-5-3-4-6-12(10)14(11)16/h3-6,11H,2,7-9H2,1H3/t11-/m1/s1. The van der Waals surface area contributed by atoms with Crippen molar-refractivity contribution in [3.63, 3.8) is 0 Å². The van der Waals surface area contributed by atoms with E-state index in [0.717, 1.165) is 17.5 Å². The Morgan fingerprint density at radius 1 is 1.41 bits per heavy atom. The number of ether oxygens (including phenoxy) is 1. The first-order chi connectivity index (χ1) is 8.22. The Morgan fingerprint density at radius 2 is 2.18 bits per heavy atom. The minimum atomic E-state index is -0.212. The third-order valence-corrected chi connectivity index (χ3v) is 3.12. The molecule has 0 saturated heterocycles. The molecule has 3 heteroatoms. The van der Waals surface area contributed by atoms with Crippen LogP contribution in [0.15, 0.2) is 24.3 Å². The van der Waals surface area contributed by atoms with Crippen molar-refractivity contribution in [3.05, 3.63) is 35.4 Å². The molecule has 17 heavy (non-hydrogen) atoms. The summed E-state index contributed by atoms with van der Waals surface area (Å²) in [4.78, 5) is 23.3. The van der Waals surface area contributed by atoms with E-state index in [2.05, 4.69) is 0 Å². The van der Waals surface area contributed by atoms with Gasteiger partial charge in [-0.1, -0.05) is 24.3 Å². The van der Waals surface area contributed by atoms with E-state index in [9.17, 15) is 9.59 Å². The second-order valence-electron chi connectivity index (χ2n) is 4.27. The summed E-state index contributed by atoms with van der Waals surface area (Å²) < 4.78 is 4.86.